The third-order valence-electron chi connectivity index (χ3n) is 0.925. The lowest BCUT2D eigenvalue weighted by Crippen LogP contribution is -1.85. The van der Waals surface area contributed by atoms with E-state index in [0.29, 0.717) is 5.69 Å². The summed E-state index contributed by atoms with van der Waals surface area (Å²) in [6.07, 6.45) is 1.55. The molecule has 0 unspecified atom stereocenters. The summed E-state index contributed by atoms with van der Waals surface area (Å²) in [5, 5.41) is 0. The summed E-state index contributed by atoms with van der Waals surface area (Å²) in [7, 11) is -2.46. The fourth-order valence-electron chi connectivity index (χ4n) is 0.560. The molecule has 0 saturated heterocycles. The van der Waals surface area contributed by atoms with Crippen LogP contribution in [-0.2, 0) is 10.7 Å². The second-order valence-corrected chi connectivity index (χ2v) is 2.50. The van der Waals surface area contributed by atoms with Gasteiger partial charge in [0, 0.05) is 6.20 Å². The molecule has 3 nitrogen and oxygen atoms in total. The first-order chi connectivity index (χ1) is 4.79. The number of pyridine rings is 1. The van der Waals surface area contributed by atoms with Gasteiger partial charge in [0.15, 0.2) is 0 Å². The molecule has 53 valence electrons. The van der Waals surface area contributed by atoms with Gasteiger partial charge in [0.2, 0.25) is 0 Å². The van der Waals surface area contributed by atoms with Gasteiger partial charge in [-0.05, 0) is 12.1 Å². The van der Waals surface area contributed by atoms with Crippen LogP contribution in [0.3, 0.4) is 0 Å². The zero-order valence-electron chi connectivity index (χ0n) is 5.10. The highest BCUT2D eigenvalue weighted by Gasteiger charge is 1.92. The highest BCUT2D eigenvalue weighted by Crippen LogP contribution is 1.95. The SMILES string of the molecule is O=[SH](=O)[CH]c1ccccn1. The number of thiol groups is 1. The Bertz CT molecular complexity index is 260. The summed E-state index contributed by atoms with van der Waals surface area (Å²) in [6.45, 7) is 0. The first-order valence-electron chi connectivity index (χ1n) is 2.68. The van der Waals surface area contributed by atoms with Gasteiger partial charge >= 0.3 is 0 Å². The Morgan fingerprint density at radius 1 is 1.40 bits per heavy atom. The molecular weight excluding hydrogens is 150 g/mol. The van der Waals surface area contributed by atoms with E-state index in [9.17, 15) is 8.42 Å². The zero-order chi connectivity index (χ0) is 7.40. The number of hydrogen-bond donors (Lipinski definition) is 1. The number of rotatable bonds is 2. The van der Waals surface area contributed by atoms with Gasteiger partial charge in [-0.3, -0.25) is 4.98 Å². The molecule has 1 rings (SSSR count). The molecule has 10 heavy (non-hydrogen) atoms. The Hall–Kier alpha value is -0.900. The van der Waals surface area contributed by atoms with Gasteiger partial charge in [-0.2, -0.15) is 0 Å². The lowest BCUT2D eigenvalue weighted by atomic mass is 10.4. The van der Waals surface area contributed by atoms with Crippen LogP contribution in [0, 0.1) is 5.75 Å². The molecule has 0 bridgehead atoms. The number of nitrogens with zero attached hydrogens (tertiary/aromatic N) is 1. The van der Waals surface area contributed by atoms with E-state index in [1.165, 1.54) is 0 Å². The Balaban J connectivity index is 2.77. The predicted octanol–water partition coefficient (Wildman–Crippen LogP) is 0.203. The monoisotopic (exact) mass is 156 g/mol. The first-order valence-corrected chi connectivity index (χ1v) is 3.93. The molecule has 1 heterocycles. The van der Waals surface area contributed by atoms with Gasteiger partial charge in [-0.1, -0.05) is 6.07 Å². The molecular formula is C6H6NO2S. The molecule has 0 fully saturated rings. The van der Waals surface area contributed by atoms with E-state index in [1.807, 2.05) is 0 Å². The van der Waals surface area contributed by atoms with E-state index in [0.717, 1.165) is 5.75 Å². The summed E-state index contributed by atoms with van der Waals surface area (Å²) in [4.78, 5) is 3.78. The van der Waals surface area contributed by atoms with E-state index < -0.39 is 10.7 Å². The molecule has 0 aromatic carbocycles. The van der Waals surface area contributed by atoms with Crippen LogP contribution in [0.2, 0.25) is 0 Å². The predicted molar refractivity (Wildman–Crippen MR) is 38.0 cm³/mol. The fraction of sp³-hybridized carbons (Fsp3) is 0. The van der Waals surface area contributed by atoms with Crippen LogP contribution in [0.5, 0.6) is 0 Å². The molecule has 0 amide bonds. The van der Waals surface area contributed by atoms with E-state index >= 15 is 0 Å². The molecule has 1 aromatic rings. The minimum absolute atomic E-state index is 0.471. The van der Waals surface area contributed by atoms with E-state index in [-0.39, 0.29) is 0 Å². The molecule has 0 aliphatic rings. The Kier molecular flexibility index (Phi) is 2.39. The summed E-state index contributed by atoms with van der Waals surface area (Å²) >= 11 is 0. The molecule has 0 N–H and O–H groups in total. The number of hydrogen-bond acceptors (Lipinski definition) is 3. The van der Waals surface area contributed by atoms with Gasteiger partial charge in [0.1, 0.15) is 16.5 Å². The van der Waals surface area contributed by atoms with Crippen molar-refractivity contribution >= 4 is 10.7 Å². The van der Waals surface area contributed by atoms with Crippen LogP contribution in [0.15, 0.2) is 24.4 Å². The summed E-state index contributed by atoms with van der Waals surface area (Å²) in [5.74, 6) is 1.09. The first kappa shape index (κ1) is 7.21. The van der Waals surface area contributed by atoms with Crippen LogP contribution < -0.4 is 0 Å². The minimum Gasteiger partial charge on any atom is -0.260 e. The van der Waals surface area contributed by atoms with Gasteiger partial charge < -0.3 is 0 Å². The van der Waals surface area contributed by atoms with E-state index in [1.54, 1.807) is 24.4 Å². The van der Waals surface area contributed by atoms with Gasteiger partial charge in [0.25, 0.3) is 0 Å². The van der Waals surface area contributed by atoms with Gasteiger partial charge in [0.05, 0.1) is 5.69 Å². The minimum atomic E-state index is -2.46. The number of aromatic nitrogens is 1. The lowest BCUT2D eigenvalue weighted by Gasteiger charge is -1.88. The van der Waals surface area contributed by atoms with Crippen molar-refractivity contribution in [1.82, 2.24) is 4.98 Å². The van der Waals surface area contributed by atoms with Crippen molar-refractivity contribution in [3.8, 4) is 0 Å². The van der Waals surface area contributed by atoms with E-state index in [2.05, 4.69) is 4.98 Å². The second-order valence-electron chi connectivity index (χ2n) is 1.67. The van der Waals surface area contributed by atoms with Gasteiger partial charge in [-0.15, -0.1) is 0 Å². The molecule has 0 atom stereocenters. The highest BCUT2D eigenvalue weighted by molar-refractivity contribution is 7.74. The average Bonchev–Trinajstić information content (AvgIpc) is 1.88. The van der Waals surface area contributed by atoms with Crippen LogP contribution in [0.4, 0.5) is 0 Å². The fourth-order valence-corrected chi connectivity index (χ4v) is 0.929. The van der Waals surface area contributed by atoms with E-state index in [4.69, 9.17) is 0 Å². The molecule has 0 spiro atoms. The highest BCUT2D eigenvalue weighted by atomic mass is 32.2. The largest absolute Gasteiger partial charge is 0.260 e. The van der Waals surface area contributed by atoms with Crippen molar-refractivity contribution in [3.63, 3.8) is 0 Å². The maximum atomic E-state index is 10.1. The summed E-state index contributed by atoms with van der Waals surface area (Å²) < 4.78 is 20.2. The molecule has 1 radical (unpaired) electrons. The molecule has 0 aliphatic carbocycles. The van der Waals surface area contributed by atoms with Gasteiger partial charge in [-0.25, -0.2) is 8.42 Å². The molecule has 4 heteroatoms. The van der Waals surface area contributed by atoms with Crippen LogP contribution in [0.1, 0.15) is 5.69 Å². The second kappa shape index (κ2) is 3.31. The molecule has 0 aliphatic heterocycles. The quantitative estimate of drug-likeness (QED) is 0.622. The molecule has 0 saturated carbocycles. The topological polar surface area (TPSA) is 47.0 Å². The zero-order valence-corrected chi connectivity index (χ0v) is 5.99. The average molecular weight is 156 g/mol. The Morgan fingerprint density at radius 2 is 2.20 bits per heavy atom. The van der Waals surface area contributed by atoms with Crippen molar-refractivity contribution in [2.75, 3.05) is 0 Å². The summed E-state index contributed by atoms with van der Waals surface area (Å²) in [6, 6.07) is 5.10. The van der Waals surface area contributed by atoms with Crippen LogP contribution in [-0.4, -0.2) is 13.4 Å². The van der Waals surface area contributed by atoms with Crippen LogP contribution >= 0.6 is 0 Å². The third kappa shape index (κ3) is 2.14. The Morgan fingerprint density at radius 3 is 2.70 bits per heavy atom. The van der Waals surface area contributed by atoms with Crippen molar-refractivity contribution in [2.45, 2.75) is 0 Å². The van der Waals surface area contributed by atoms with Crippen molar-refractivity contribution in [3.05, 3.63) is 35.8 Å². The lowest BCUT2D eigenvalue weighted by molar-refractivity contribution is 0.619. The third-order valence-corrected chi connectivity index (χ3v) is 1.40. The summed E-state index contributed by atoms with van der Waals surface area (Å²) in [5.41, 5.74) is 0.471. The standard InChI is InChI=1S/C6H6NO2S/c8-10(9)5-6-3-1-2-4-7-6/h1-5,10H. The molecule has 1 aromatic heterocycles. The normalized spacial score (nSPS) is 10.1. The maximum Gasteiger partial charge on any atom is 0.150 e. The Labute approximate surface area is 60.7 Å². The smallest absolute Gasteiger partial charge is 0.150 e. The van der Waals surface area contributed by atoms with Crippen molar-refractivity contribution in [1.29, 1.82) is 0 Å². The maximum absolute atomic E-state index is 10.1. The van der Waals surface area contributed by atoms with Crippen molar-refractivity contribution < 1.29 is 8.42 Å². The van der Waals surface area contributed by atoms with Crippen LogP contribution in [0.25, 0.3) is 0 Å². The van der Waals surface area contributed by atoms with Crippen molar-refractivity contribution in [2.24, 2.45) is 0 Å².